The first-order chi connectivity index (χ1) is 14.7. The topological polar surface area (TPSA) is 71.5 Å². The molecule has 0 saturated carbocycles. The molecule has 7 heteroatoms. The molecule has 1 aliphatic heterocycles. The summed E-state index contributed by atoms with van der Waals surface area (Å²) in [6.45, 7) is 0.445. The molecular formula is C23H21N3O3S. The zero-order valence-electron chi connectivity index (χ0n) is 16.5. The number of pyridine rings is 1. The van der Waals surface area contributed by atoms with E-state index in [4.69, 9.17) is 4.74 Å². The number of rotatable bonds is 6. The zero-order valence-corrected chi connectivity index (χ0v) is 17.3. The van der Waals surface area contributed by atoms with E-state index in [0.29, 0.717) is 35.7 Å². The minimum Gasteiger partial charge on any atom is -0.497 e. The molecule has 1 N–H and O–H groups in total. The Kier molecular flexibility index (Phi) is 5.99. The molecule has 1 aromatic heterocycles. The molecule has 1 aliphatic rings. The standard InChI is InChI=1S/C23H21N3O3S/c1-29-17-12-10-16(11-13-17)25-21(27)9-5-15-26-19-7-2-3-8-20(19)30-22-18(23(26)28)6-4-14-24-22/h2-4,6-8,10-14H,5,9,15H2,1H3,(H,25,27). The van der Waals surface area contributed by atoms with Crippen LogP contribution in [-0.2, 0) is 4.79 Å². The summed E-state index contributed by atoms with van der Waals surface area (Å²) >= 11 is 1.49. The summed E-state index contributed by atoms with van der Waals surface area (Å²) in [7, 11) is 1.60. The summed E-state index contributed by atoms with van der Waals surface area (Å²) in [6, 6.07) is 18.5. The fourth-order valence-corrected chi connectivity index (χ4v) is 4.29. The largest absolute Gasteiger partial charge is 0.497 e. The van der Waals surface area contributed by atoms with Gasteiger partial charge < -0.3 is 15.0 Å². The van der Waals surface area contributed by atoms with Gasteiger partial charge in [0.1, 0.15) is 10.8 Å². The van der Waals surface area contributed by atoms with E-state index in [-0.39, 0.29) is 11.8 Å². The SMILES string of the molecule is COc1ccc(NC(=O)CCCN2C(=O)c3cccnc3Sc3ccccc32)cc1. The molecule has 0 saturated heterocycles. The molecule has 30 heavy (non-hydrogen) atoms. The second-order valence-corrected chi connectivity index (χ2v) is 7.79. The lowest BCUT2D eigenvalue weighted by atomic mass is 10.2. The maximum absolute atomic E-state index is 13.2. The number of methoxy groups -OCH3 is 1. The Balaban J connectivity index is 1.44. The van der Waals surface area contributed by atoms with Crippen molar-refractivity contribution in [2.45, 2.75) is 22.8 Å². The summed E-state index contributed by atoms with van der Waals surface area (Å²) in [5.41, 5.74) is 2.15. The first-order valence-electron chi connectivity index (χ1n) is 9.63. The van der Waals surface area contributed by atoms with Gasteiger partial charge in [0.05, 0.1) is 18.4 Å². The van der Waals surface area contributed by atoms with Gasteiger partial charge in [-0.2, -0.15) is 0 Å². The van der Waals surface area contributed by atoms with E-state index in [1.165, 1.54) is 11.8 Å². The predicted molar refractivity (Wildman–Crippen MR) is 117 cm³/mol. The van der Waals surface area contributed by atoms with Gasteiger partial charge in [-0.25, -0.2) is 4.98 Å². The highest BCUT2D eigenvalue weighted by atomic mass is 32.2. The fraction of sp³-hybridized carbons (Fsp3) is 0.174. The van der Waals surface area contributed by atoms with Gasteiger partial charge >= 0.3 is 0 Å². The third-order valence-electron chi connectivity index (χ3n) is 4.77. The quantitative estimate of drug-likeness (QED) is 0.631. The second kappa shape index (κ2) is 9.00. The molecule has 0 unspecified atom stereocenters. The summed E-state index contributed by atoms with van der Waals surface area (Å²) in [4.78, 5) is 32.6. The van der Waals surface area contributed by atoms with Crippen LogP contribution in [0.15, 0.2) is 76.8 Å². The zero-order chi connectivity index (χ0) is 20.9. The van der Waals surface area contributed by atoms with Crippen LogP contribution in [-0.4, -0.2) is 30.5 Å². The van der Waals surface area contributed by atoms with E-state index in [0.717, 1.165) is 16.3 Å². The van der Waals surface area contributed by atoms with Crippen molar-refractivity contribution >= 4 is 35.0 Å². The molecule has 0 radical (unpaired) electrons. The van der Waals surface area contributed by atoms with Gasteiger partial charge in [-0.15, -0.1) is 0 Å². The maximum Gasteiger partial charge on any atom is 0.261 e. The molecule has 2 heterocycles. The Morgan fingerprint density at radius 3 is 2.70 bits per heavy atom. The minimum atomic E-state index is -0.0916. The number of benzene rings is 2. The van der Waals surface area contributed by atoms with E-state index in [2.05, 4.69) is 10.3 Å². The summed E-state index contributed by atoms with van der Waals surface area (Å²) in [5, 5.41) is 3.58. The van der Waals surface area contributed by atoms with Crippen LogP contribution >= 0.6 is 11.8 Å². The highest BCUT2D eigenvalue weighted by Crippen LogP contribution is 2.40. The second-order valence-electron chi connectivity index (χ2n) is 6.76. The Bertz CT molecular complexity index is 1070. The lowest BCUT2D eigenvalue weighted by Crippen LogP contribution is -2.32. The molecule has 3 aromatic rings. The Morgan fingerprint density at radius 1 is 1.10 bits per heavy atom. The number of aromatic nitrogens is 1. The number of anilines is 2. The number of amides is 2. The minimum absolute atomic E-state index is 0.0906. The summed E-state index contributed by atoms with van der Waals surface area (Å²) < 4.78 is 5.12. The van der Waals surface area contributed by atoms with Crippen molar-refractivity contribution in [2.24, 2.45) is 0 Å². The van der Waals surface area contributed by atoms with Crippen molar-refractivity contribution in [3.8, 4) is 5.75 Å². The molecule has 0 spiro atoms. The van der Waals surface area contributed by atoms with Gasteiger partial charge in [0.2, 0.25) is 5.91 Å². The van der Waals surface area contributed by atoms with E-state index in [9.17, 15) is 9.59 Å². The van der Waals surface area contributed by atoms with Crippen LogP contribution in [0.4, 0.5) is 11.4 Å². The fourth-order valence-electron chi connectivity index (χ4n) is 3.28. The van der Waals surface area contributed by atoms with Crippen LogP contribution in [0.1, 0.15) is 23.2 Å². The molecule has 2 aromatic carbocycles. The maximum atomic E-state index is 13.2. The van der Waals surface area contributed by atoms with Gasteiger partial charge in [0, 0.05) is 29.7 Å². The number of fused-ring (bicyclic) bond motifs is 2. The molecule has 152 valence electrons. The van der Waals surface area contributed by atoms with Crippen molar-refractivity contribution in [3.05, 3.63) is 72.4 Å². The Hall–Kier alpha value is -3.32. The number of carbonyl (C=O) groups excluding carboxylic acids is 2. The van der Waals surface area contributed by atoms with Gasteiger partial charge in [-0.3, -0.25) is 9.59 Å². The van der Waals surface area contributed by atoms with Crippen molar-refractivity contribution in [2.75, 3.05) is 23.9 Å². The highest BCUT2D eigenvalue weighted by Gasteiger charge is 2.27. The lowest BCUT2D eigenvalue weighted by Gasteiger charge is -2.22. The van der Waals surface area contributed by atoms with Crippen LogP contribution in [0.2, 0.25) is 0 Å². The third-order valence-corrected chi connectivity index (χ3v) is 5.85. The number of carbonyl (C=O) groups is 2. The van der Waals surface area contributed by atoms with E-state index in [1.54, 1.807) is 54.6 Å². The van der Waals surface area contributed by atoms with E-state index in [1.807, 2.05) is 24.3 Å². The van der Waals surface area contributed by atoms with Crippen molar-refractivity contribution in [3.63, 3.8) is 0 Å². The number of nitrogens with zero attached hydrogens (tertiary/aromatic N) is 2. The summed E-state index contributed by atoms with van der Waals surface area (Å²) in [6.07, 6.45) is 2.55. The smallest absolute Gasteiger partial charge is 0.261 e. The van der Waals surface area contributed by atoms with Gasteiger partial charge in [0.25, 0.3) is 5.91 Å². The average Bonchev–Trinajstić information content (AvgIpc) is 2.89. The predicted octanol–water partition coefficient (Wildman–Crippen LogP) is 4.62. The van der Waals surface area contributed by atoms with Crippen LogP contribution in [0, 0.1) is 0 Å². The van der Waals surface area contributed by atoms with Crippen molar-refractivity contribution in [1.29, 1.82) is 0 Å². The van der Waals surface area contributed by atoms with Crippen LogP contribution in [0.3, 0.4) is 0 Å². The summed E-state index contributed by atoms with van der Waals surface area (Å²) in [5.74, 6) is 0.553. The van der Waals surface area contributed by atoms with Crippen LogP contribution < -0.4 is 15.0 Å². The molecule has 0 aliphatic carbocycles. The van der Waals surface area contributed by atoms with Crippen molar-refractivity contribution < 1.29 is 14.3 Å². The number of ether oxygens (including phenoxy) is 1. The Morgan fingerprint density at radius 2 is 1.90 bits per heavy atom. The number of nitrogens with one attached hydrogen (secondary N) is 1. The number of hydrogen-bond acceptors (Lipinski definition) is 5. The first kappa shape index (κ1) is 20.0. The van der Waals surface area contributed by atoms with Gasteiger partial charge in [0.15, 0.2) is 0 Å². The van der Waals surface area contributed by atoms with Gasteiger partial charge in [-0.05, 0) is 55.0 Å². The Labute approximate surface area is 179 Å². The van der Waals surface area contributed by atoms with Crippen LogP contribution in [0.25, 0.3) is 0 Å². The molecule has 0 fully saturated rings. The molecule has 6 nitrogen and oxygen atoms in total. The highest BCUT2D eigenvalue weighted by molar-refractivity contribution is 7.99. The van der Waals surface area contributed by atoms with Crippen LogP contribution in [0.5, 0.6) is 5.75 Å². The molecule has 2 amide bonds. The molecule has 0 atom stereocenters. The monoisotopic (exact) mass is 419 g/mol. The lowest BCUT2D eigenvalue weighted by molar-refractivity contribution is -0.116. The van der Waals surface area contributed by atoms with Gasteiger partial charge in [-0.1, -0.05) is 23.9 Å². The molecular weight excluding hydrogens is 398 g/mol. The normalized spacial score (nSPS) is 12.6. The van der Waals surface area contributed by atoms with E-state index < -0.39 is 0 Å². The average molecular weight is 420 g/mol. The number of para-hydroxylation sites is 1. The number of hydrogen-bond donors (Lipinski definition) is 1. The molecule has 4 rings (SSSR count). The van der Waals surface area contributed by atoms with E-state index >= 15 is 0 Å². The first-order valence-corrected chi connectivity index (χ1v) is 10.4. The third kappa shape index (κ3) is 4.31. The molecule has 0 bridgehead atoms. The van der Waals surface area contributed by atoms with Crippen molar-refractivity contribution in [1.82, 2.24) is 4.98 Å².